The molecule has 0 saturated heterocycles. The summed E-state index contributed by atoms with van der Waals surface area (Å²) in [7, 11) is 0. The fourth-order valence-electron chi connectivity index (χ4n) is 3.88. The molecule has 4 rings (SSSR count). The molecule has 164 valence electrons. The number of nitrogens with one attached hydrogen (secondary N) is 2. The van der Waals surface area contributed by atoms with Gasteiger partial charge in [-0.05, 0) is 49.4 Å². The lowest BCUT2D eigenvalue weighted by molar-refractivity contribution is -0.182. The lowest BCUT2D eigenvalue weighted by Crippen LogP contribution is -2.40. The van der Waals surface area contributed by atoms with Crippen molar-refractivity contribution in [2.45, 2.75) is 44.3 Å². The SMILES string of the molecule is O=C(NC1CCC(C(F)(F)F)CC1)c1cc2c(cn1)NC(=Nc1c(Cl)cccc1Cl)C2. The van der Waals surface area contributed by atoms with Crippen LogP contribution in [0, 0.1) is 5.92 Å². The Hall–Kier alpha value is -2.32. The molecule has 31 heavy (non-hydrogen) atoms. The van der Waals surface area contributed by atoms with Gasteiger partial charge in [-0.1, -0.05) is 29.3 Å². The zero-order valence-electron chi connectivity index (χ0n) is 16.3. The van der Waals surface area contributed by atoms with Crippen molar-refractivity contribution in [3.8, 4) is 0 Å². The van der Waals surface area contributed by atoms with E-state index in [0.29, 0.717) is 40.8 Å². The first-order chi connectivity index (χ1) is 14.7. The predicted octanol–water partition coefficient (Wildman–Crippen LogP) is 5.94. The number of hydrogen-bond donors (Lipinski definition) is 2. The maximum atomic E-state index is 12.8. The zero-order chi connectivity index (χ0) is 22.2. The van der Waals surface area contributed by atoms with Crippen molar-refractivity contribution in [3.05, 3.63) is 51.8 Å². The minimum Gasteiger partial charge on any atom is -0.348 e. The lowest BCUT2D eigenvalue weighted by Gasteiger charge is -2.30. The fourth-order valence-corrected chi connectivity index (χ4v) is 4.36. The molecular formula is C21H19Cl2F3N4O. The maximum Gasteiger partial charge on any atom is 0.391 e. The van der Waals surface area contributed by atoms with Gasteiger partial charge in [0.2, 0.25) is 0 Å². The monoisotopic (exact) mass is 470 g/mol. The van der Waals surface area contributed by atoms with Crippen LogP contribution in [0.1, 0.15) is 41.7 Å². The Morgan fingerprint density at radius 3 is 2.48 bits per heavy atom. The third-order valence-electron chi connectivity index (χ3n) is 5.57. The van der Waals surface area contributed by atoms with Crippen molar-refractivity contribution in [2.24, 2.45) is 10.9 Å². The van der Waals surface area contributed by atoms with Crippen LogP contribution in [0.2, 0.25) is 10.0 Å². The molecule has 1 aliphatic carbocycles. The summed E-state index contributed by atoms with van der Waals surface area (Å²) in [5, 5.41) is 6.80. The van der Waals surface area contributed by atoms with Crippen molar-refractivity contribution in [1.29, 1.82) is 0 Å². The van der Waals surface area contributed by atoms with Gasteiger partial charge in [0.1, 0.15) is 17.2 Å². The number of carbonyl (C=O) groups excluding carboxylic acids is 1. The van der Waals surface area contributed by atoms with Crippen LogP contribution in [0.4, 0.5) is 24.5 Å². The number of carbonyl (C=O) groups is 1. The fraction of sp³-hybridized carbons (Fsp3) is 0.381. The number of nitrogens with zero attached hydrogens (tertiary/aromatic N) is 2. The summed E-state index contributed by atoms with van der Waals surface area (Å²) in [4.78, 5) is 21.2. The van der Waals surface area contributed by atoms with Gasteiger partial charge in [-0.15, -0.1) is 0 Å². The summed E-state index contributed by atoms with van der Waals surface area (Å²) in [6.45, 7) is 0. The number of halogens is 5. The normalized spacial score (nSPS) is 22.2. The van der Waals surface area contributed by atoms with Gasteiger partial charge in [-0.2, -0.15) is 13.2 Å². The Balaban J connectivity index is 1.41. The average molecular weight is 471 g/mol. The molecule has 0 atom stereocenters. The molecule has 1 aliphatic heterocycles. The minimum absolute atomic E-state index is 0.0282. The predicted molar refractivity (Wildman–Crippen MR) is 114 cm³/mol. The largest absolute Gasteiger partial charge is 0.391 e. The molecule has 1 aromatic carbocycles. The highest BCUT2D eigenvalue weighted by molar-refractivity contribution is 6.39. The topological polar surface area (TPSA) is 66.4 Å². The molecule has 1 fully saturated rings. The molecule has 0 spiro atoms. The van der Waals surface area contributed by atoms with Crippen molar-refractivity contribution in [3.63, 3.8) is 0 Å². The van der Waals surface area contributed by atoms with E-state index >= 15 is 0 Å². The smallest absolute Gasteiger partial charge is 0.348 e. The van der Waals surface area contributed by atoms with Gasteiger partial charge in [-0.25, -0.2) is 9.98 Å². The minimum atomic E-state index is -4.17. The zero-order valence-corrected chi connectivity index (χ0v) is 17.8. The summed E-state index contributed by atoms with van der Waals surface area (Å²) in [6, 6.07) is 6.51. The summed E-state index contributed by atoms with van der Waals surface area (Å²) < 4.78 is 38.4. The Labute approximate surface area is 187 Å². The third kappa shape index (κ3) is 4.96. The summed E-state index contributed by atoms with van der Waals surface area (Å²) >= 11 is 12.3. The summed E-state index contributed by atoms with van der Waals surface area (Å²) in [6.07, 6.45) is -1.52. The average Bonchev–Trinajstić information content (AvgIpc) is 3.12. The molecule has 0 radical (unpaired) electrons. The Morgan fingerprint density at radius 1 is 1.16 bits per heavy atom. The number of benzene rings is 1. The van der Waals surface area contributed by atoms with E-state index in [4.69, 9.17) is 23.2 Å². The molecule has 2 aliphatic rings. The summed E-state index contributed by atoms with van der Waals surface area (Å²) in [5.41, 5.74) is 2.24. The number of amides is 1. The second-order valence-electron chi connectivity index (χ2n) is 7.72. The van der Waals surface area contributed by atoms with Gasteiger partial charge in [0.25, 0.3) is 5.91 Å². The number of para-hydroxylation sites is 1. The Morgan fingerprint density at radius 2 is 1.84 bits per heavy atom. The van der Waals surface area contributed by atoms with Crippen LogP contribution < -0.4 is 10.6 Å². The number of fused-ring (bicyclic) bond motifs is 1. The van der Waals surface area contributed by atoms with Crippen LogP contribution in [0.3, 0.4) is 0 Å². The van der Waals surface area contributed by atoms with Crippen LogP contribution in [0.25, 0.3) is 0 Å². The molecule has 0 bridgehead atoms. The highest BCUT2D eigenvalue weighted by Crippen LogP contribution is 2.38. The van der Waals surface area contributed by atoms with Crippen molar-refractivity contribution in [2.75, 3.05) is 5.32 Å². The molecule has 1 amide bonds. The van der Waals surface area contributed by atoms with E-state index in [1.165, 1.54) is 0 Å². The molecule has 5 nitrogen and oxygen atoms in total. The van der Waals surface area contributed by atoms with Gasteiger partial charge < -0.3 is 10.6 Å². The van der Waals surface area contributed by atoms with E-state index in [-0.39, 0.29) is 24.6 Å². The number of amidine groups is 1. The van der Waals surface area contributed by atoms with E-state index in [0.717, 1.165) is 11.3 Å². The van der Waals surface area contributed by atoms with E-state index in [2.05, 4.69) is 20.6 Å². The number of rotatable bonds is 3. The van der Waals surface area contributed by atoms with Crippen LogP contribution in [-0.4, -0.2) is 28.9 Å². The summed E-state index contributed by atoms with van der Waals surface area (Å²) in [5.74, 6) is -1.05. The van der Waals surface area contributed by atoms with E-state index in [1.807, 2.05) is 0 Å². The van der Waals surface area contributed by atoms with Gasteiger partial charge in [-0.3, -0.25) is 4.79 Å². The molecule has 2 N–H and O–H groups in total. The van der Waals surface area contributed by atoms with Crippen molar-refractivity contribution in [1.82, 2.24) is 10.3 Å². The van der Waals surface area contributed by atoms with Crippen molar-refractivity contribution >= 4 is 46.3 Å². The number of aromatic nitrogens is 1. The van der Waals surface area contributed by atoms with E-state index in [9.17, 15) is 18.0 Å². The highest BCUT2D eigenvalue weighted by atomic mass is 35.5. The third-order valence-corrected chi connectivity index (χ3v) is 6.18. The first kappa shape index (κ1) is 21.9. The molecule has 2 aromatic rings. The van der Waals surface area contributed by atoms with E-state index in [1.54, 1.807) is 30.5 Å². The number of pyridine rings is 1. The standard InChI is InChI=1S/C21H19Cl2F3N4O/c22-14-2-1-3-15(23)19(14)30-18-9-11-8-16(27-10-17(11)29-18)20(31)28-13-6-4-12(5-7-13)21(24,25)26/h1-3,8,10,12-13H,4-7,9H2,(H,28,31)(H,29,30). The number of alkyl halides is 3. The molecule has 0 unspecified atom stereocenters. The first-order valence-electron chi connectivity index (χ1n) is 9.86. The van der Waals surface area contributed by atoms with Gasteiger partial charge >= 0.3 is 6.18 Å². The van der Waals surface area contributed by atoms with Crippen LogP contribution in [0.5, 0.6) is 0 Å². The second kappa shape index (κ2) is 8.67. The molecule has 10 heteroatoms. The molecular weight excluding hydrogens is 452 g/mol. The second-order valence-corrected chi connectivity index (χ2v) is 8.54. The van der Waals surface area contributed by atoms with Crippen LogP contribution in [-0.2, 0) is 6.42 Å². The highest BCUT2D eigenvalue weighted by Gasteiger charge is 2.41. The lowest BCUT2D eigenvalue weighted by atomic mass is 9.85. The van der Waals surface area contributed by atoms with Gasteiger partial charge in [0, 0.05) is 12.5 Å². The van der Waals surface area contributed by atoms with Crippen LogP contribution in [0.15, 0.2) is 35.5 Å². The number of anilines is 1. The van der Waals surface area contributed by atoms with Crippen molar-refractivity contribution < 1.29 is 18.0 Å². The molecule has 1 aromatic heterocycles. The molecule has 1 saturated carbocycles. The first-order valence-corrected chi connectivity index (χ1v) is 10.6. The number of hydrogen-bond acceptors (Lipinski definition) is 3. The van der Waals surface area contributed by atoms with Gasteiger partial charge in [0.05, 0.1) is 27.8 Å². The Bertz CT molecular complexity index is 1010. The van der Waals surface area contributed by atoms with E-state index < -0.39 is 18.0 Å². The quantitative estimate of drug-likeness (QED) is 0.583. The van der Waals surface area contributed by atoms with Crippen LogP contribution >= 0.6 is 23.2 Å². The molecule has 2 heterocycles. The Kier molecular flexibility index (Phi) is 6.12. The maximum absolute atomic E-state index is 12.8. The number of aliphatic imine (C=N–C) groups is 1. The van der Waals surface area contributed by atoms with Gasteiger partial charge in [0.15, 0.2) is 0 Å².